The maximum Gasteiger partial charge on any atom is 0.488 e. The minimum Gasteiger partial charge on any atom is -0.423 e. The van der Waals surface area contributed by atoms with Gasteiger partial charge >= 0.3 is 7.12 Å². The zero-order chi connectivity index (χ0) is 11.5. The fourth-order valence-corrected chi connectivity index (χ4v) is 1.76. The van der Waals surface area contributed by atoms with Crippen LogP contribution in [0.1, 0.15) is 5.56 Å². The molecular formula is C13H13BO2. The summed E-state index contributed by atoms with van der Waals surface area (Å²) in [6, 6.07) is 15.3. The lowest BCUT2D eigenvalue weighted by molar-refractivity contribution is 0.426. The van der Waals surface area contributed by atoms with Crippen LogP contribution >= 0.6 is 0 Å². The molecule has 0 atom stereocenters. The van der Waals surface area contributed by atoms with Gasteiger partial charge in [-0.1, -0.05) is 48.5 Å². The molecule has 0 amide bonds. The standard InChI is InChI=1S/C13H13BO2/c1-10-5-2-3-8-13(10)11-6-4-7-12(9-11)14(15)16/h2-9,15-16H,1H3. The predicted octanol–water partition coefficient (Wildman–Crippen LogP) is 1.34. The fraction of sp³-hybridized carbons (Fsp3) is 0.0769. The van der Waals surface area contributed by atoms with Crippen molar-refractivity contribution in [1.29, 1.82) is 0 Å². The van der Waals surface area contributed by atoms with Crippen molar-refractivity contribution in [2.45, 2.75) is 6.92 Å². The quantitative estimate of drug-likeness (QED) is 0.737. The van der Waals surface area contributed by atoms with Crippen LogP contribution in [0.2, 0.25) is 0 Å². The average molecular weight is 212 g/mol. The lowest BCUT2D eigenvalue weighted by atomic mass is 9.79. The monoisotopic (exact) mass is 212 g/mol. The van der Waals surface area contributed by atoms with Crippen LogP contribution in [0.25, 0.3) is 11.1 Å². The zero-order valence-electron chi connectivity index (χ0n) is 9.09. The van der Waals surface area contributed by atoms with E-state index in [9.17, 15) is 0 Å². The topological polar surface area (TPSA) is 40.5 Å². The van der Waals surface area contributed by atoms with Crippen LogP contribution < -0.4 is 5.46 Å². The van der Waals surface area contributed by atoms with Crippen molar-refractivity contribution in [1.82, 2.24) is 0 Å². The van der Waals surface area contributed by atoms with E-state index in [0.717, 1.165) is 11.1 Å². The van der Waals surface area contributed by atoms with Gasteiger partial charge in [-0.2, -0.15) is 0 Å². The molecule has 0 spiro atoms. The van der Waals surface area contributed by atoms with Crippen LogP contribution in [0.15, 0.2) is 48.5 Å². The first-order chi connectivity index (χ1) is 7.68. The molecule has 0 saturated heterocycles. The molecule has 2 aromatic rings. The Labute approximate surface area is 95.3 Å². The summed E-state index contributed by atoms with van der Waals surface area (Å²) in [5.74, 6) is 0. The van der Waals surface area contributed by atoms with Crippen molar-refractivity contribution in [2.24, 2.45) is 0 Å². The summed E-state index contributed by atoms with van der Waals surface area (Å²) >= 11 is 0. The van der Waals surface area contributed by atoms with Gasteiger partial charge in [0.15, 0.2) is 0 Å². The molecule has 0 radical (unpaired) electrons. The Morgan fingerprint density at radius 1 is 0.938 bits per heavy atom. The van der Waals surface area contributed by atoms with Gasteiger partial charge in [0.25, 0.3) is 0 Å². The molecular weight excluding hydrogens is 199 g/mol. The maximum atomic E-state index is 9.12. The average Bonchev–Trinajstić information content (AvgIpc) is 2.30. The molecule has 2 rings (SSSR count). The summed E-state index contributed by atoms with van der Waals surface area (Å²) in [4.78, 5) is 0. The fourth-order valence-electron chi connectivity index (χ4n) is 1.76. The van der Waals surface area contributed by atoms with Crippen molar-refractivity contribution >= 4 is 12.6 Å². The third-order valence-corrected chi connectivity index (χ3v) is 2.64. The Morgan fingerprint density at radius 2 is 1.69 bits per heavy atom. The highest BCUT2D eigenvalue weighted by Gasteiger charge is 2.11. The largest absolute Gasteiger partial charge is 0.488 e. The van der Waals surface area contributed by atoms with Gasteiger partial charge in [0.2, 0.25) is 0 Å². The second-order valence-electron chi connectivity index (χ2n) is 3.81. The SMILES string of the molecule is Cc1ccccc1-c1cccc(B(O)O)c1. The van der Waals surface area contributed by atoms with Gasteiger partial charge in [0.1, 0.15) is 0 Å². The first kappa shape index (κ1) is 10.9. The molecule has 0 aromatic heterocycles. The van der Waals surface area contributed by atoms with Gasteiger partial charge in [-0.25, -0.2) is 0 Å². The molecule has 0 heterocycles. The Bertz CT molecular complexity index is 495. The van der Waals surface area contributed by atoms with E-state index in [2.05, 4.69) is 0 Å². The third-order valence-electron chi connectivity index (χ3n) is 2.64. The van der Waals surface area contributed by atoms with E-state index in [1.165, 1.54) is 5.56 Å². The second kappa shape index (κ2) is 4.52. The van der Waals surface area contributed by atoms with E-state index in [0.29, 0.717) is 5.46 Å². The van der Waals surface area contributed by atoms with Gasteiger partial charge < -0.3 is 10.0 Å². The molecule has 0 fully saturated rings. The predicted molar refractivity (Wildman–Crippen MR) is 66.4 cm³/mol. The van der Waals surface area contributed by atoms with Crippen LogP contribution in [0.3, 0.4) is 0 Å². The molecule has 0 aliphatic carbocycles. The highest BCUT2D eigenvalue weighted by molar-refractivity contribution is 6.58. The van der Waals surface area contributed by atoms with Gasteiger partial charge in [0, 0.05) is 0 Å². The number of benzene rings is 2. The first-order valence-electron chi connectivity index (χ1n) is 5.20. The molecule has 0 aliphatic rings. The van der Waals surface area contributed by atoms with Gasteiger partial charge in [-0.3, -0.25) is 0 Å². The summed E-state index contributed by atoms with van der Waals surface area (Å²) in [5.41, 5.74) is 3.81. The van der Waals surface area contributed by atoms with Crippen molar-refractivity contribution in [2.75, 3.05) is 0 Å². The van der Waals surface area contributed by atoms with Gasteiger partial charge in [-0.05, 0) is 29.1 Å². The van der Waals surface area contributed by atoms with Crippen LogP contribution in [0.5, 0.6) is 0 Å². The van der Waals surface area contributed by atoms with Crippen molar-refractivity contribution in [3.63, 3.8) is 0 Å². The lowest BCUT2D eigenvalue weighted by Crippen LogP contribution is -2.29. The second-order valence-corrected chi connectivity index (χ2v) is 3.81. The third kappa shape index (κ3) is 2.16. The molecule has 0 aliphatic heterocycles. The summed E-state index contributed by atoms with van der Waals surface area (Å²) in [6.45, 7) is 2.04. The van der Waals surface area contributed by atoms with Gasteiger partial charge in [0.05, 0.1) is 0 Å². The Balaban J connectivity index is 2.49. The summed E-state index contributed by atoms with van der Waals surface area (Å²) < 4.78 is 0. The van der Waals surface area contributed by atoms with Crippen LogP contribution in [0, 0.1) is 6.92 Å². The molecule has 0 bridgehead atoms. The lowest BCUT2D eigenvalue weighted by Gasteiger charge is -2.07. The smallest absolute Gasteiger partial charge is 0.423 e. The molecule has 2 aromatic carbocycles. The van der Waals surface area contributed by atoms with E-state index in [4.69, 9.17) is 10.0 Å². The summed E-state index contributed by atoms with van der Waals surface area (Å²) in [6.07, 6.45) is 0. The van der Waals surface area contributed by atoms with Crippen molar-refractivity contribution in [3.8, 4) is 11.1 Å². The minimum atomic E-state index is -1.41. The molecule has 16 heavy (non-hydrogen) atoms. The van der Waals surface area contributed by atoms with Gasteiger partial charge in [-0.15, -0.1) is 0 Å². The first-order valence-corrected chi connectivity index (χ1v) is 5.20. The Hall–Kier alpha value is -1.58. The van der Waals surface area contributed by atoms with E-state index in [1.807, 2.05) is 43.3 Å². The molecule has 2 nitrogen and oxygen atoms in total. The molecule has 3 heteroatoms. The highest BCUT2D eigenvalue weighted by Crippen LogP contribution is 2.21. The van der Waals surface area contributed by atoms with Crippen LogP contribution in [-0.4, -0.2) is 17.2 Å². The number of rotatable bonds is 2. The Morgan fingerprint density at radius 3 is 2.38 bits per heavy atom. The van der Waals surface area contributed by atoms with E-state index < -0.39 is 7.12 Å². The summed E-state index contributed by atoms with van der Waals surface area (Å²) in [7, 11) is -1.41. The van der Waals surface area contributed by atoms with Crippen LogP contribution in [-0.2, 0) is 0 Å². The number of hydrogen-bond donors (Lipinski definition) is 2. The molecule has 0 saturated carbocycles. The van der Waals surface area contributed by atoms with Crippen LogP contribution in [0.4, 0.5) is 0 Å². The minimum absolute atomic E-state index is 0.515. The molecule has 80 valence electrons. The number of hydrogen-bond acceptors (Lipinski definition) is 2. The summed E-state index contributed by atoms with van der Waals surface area (Å²) in [5, 5.41) is 18.2. The normalized spacial score (nSPS) is 10.2. The van der Waals surface area contributed by atoms with E-state index in [1.54, 1.807) is 12.1 Å². The maximum absolute atomic E-state index is 9.12. The van der Waals surface area contributed by atoms with E-state index >= 15 is 0 Å². The number of aryl methyl sites for hydroxylation is 1. The highest BCUT2D eigenvalue weighted by atomic mass is 16.4. The van der Waals surface area contributed by atoms with E-state index in [-0.39, 0.29) is 0 Å². The Kier molecular flexibility index (Phi) is 3.08. The van der Waals surface area contributed by atoms with Crippen molar-refractivity contribution in [3.05, 3.63) is 54.1 Å². The molecule has 0 unspecified atom stereocenters. The zero-order valence-corrected chi connectivity index (χ0v) is 9.09. The van der Waals surface area contributed by atoms with Crippen molar-refractivity contribution < 1.29 is 10.0 Å². The molecule has 2 N–H and O–H groups in total.